The Morgan fingerprint density at radius 2 is 1.76 bits per heavy atom. The Morgan fingerprint density at radius 1 is 0.970 bits per heavy atom. The van der Waals surface area contributed by atoms with E-state index in [2.05, 4.69) is 4.98 Å². The monoisotopic (exact) mass is 463 g/mol. The van der Waals surface area contributed by atoms with E-state index >= 15 is 0 Å². The van der Waals surface area contributed by atoms with Gasteiger partial charge in [-0.25, -0.2) is 8.42 Å². The molecular formula is C26H29N3O3S. The number of aromatic nitrogens is 1. The minimum atomic E-state index is -3.62. The summed E-state index contributed by atoms with van der Waals surface area (Å²) in [6.07, 6.45) is 6.23. The average Bonchev–Trinajstić information content (AvgIpc) is 2.86. The molecule has 2 aromatic carbocycles. The van der Waals surface area contributed by atoms with Gasteiger partial charge in [0, 0.05) is 44.1 Å². The van der Waals surface area contributed by atoms with Crippen molar-refractivity contribution in [3.8, 4) is 0 Å². The van der Waals surface area contributed by atoms with E-state index in [1.807, 2.05) is 43.3 Å². The number of aryl methyl sites for hydroxylation is 1. The van der Waals surface area contributed by atoms with Crippen LogP contribution in [-0.4, -0.2) is 41.6 Å². The number of carbonyl (C=O) groups excluding carboxylic acids is 1. The molecule has 1 amide bonds. The highest BCUT2D eigenvalue weighted by Crippen LogP contribution is 2.23. The van der Waals surface area contributed by atoms with Crippen LogP contribution in [0, 0.1) is 6.92 Å². The van der Waals surface area contributed by atoms with Crippen molar-refractivity contribution in [2.45, 2.75) is 44.2 Å². The van der Waals surface area contributed by atoms with Gasteiger partial charge in [-0.3, -0.25) is 9.78 Å². The van der Waals surface area contributed by atoms with E-state index in [1.54, 1.807) is 35.5 Å². The first-order chi connectivity index (χ1) is 15.9. The number of hydrogen-bond acceptors (Lipinski definition) is 4. The van der Waals surface area contributed by atoms with Crippen molar-refractivity contribution >= 4 is 15.9 Å². The number of carbonyl (C=O) groups is 1. The second kappa shape index (κ2) is 10.3. The zero-order chi connectivity index (χ0) is 23.3. The lowest BCUT2D eigenvalue weighted by atomic mass is 10.1. The molecule has 0 atom stereocenters. The van der Waals surface area contributed by atoms with E-state index in [0.717, 1.165) is 36.0 Å². The quantitative estimate of drug-likeness (QED) is 0.521. The van der Waals surface area contributed by atoms with Crippen LogP contribution in [-0.2, 0) is 23.1 Å². The summed E-state index contributed by atoms with van der Waals surface area (Å²) in [5, 5.41) is 0. The Labute approximate surface area is 195 Å². The summed E-state index contributed by atoms with van der Waals surface area (Å²) in [6.45, 7) is 3.88. The van der Waals surface area contributed by atoms with E-state index < -0.39 is 10.0 Å². The number of nitrogens with zero attached hydrogens (tertiary/aromatic N) is 3. The maximum atomic E-state index is 13.6. The number of benzene rings is 2. The topological polar surface area (TPSA) is 70.6 Å². The average molecular weight is 464 g/mol. The first-order valence-corrected chi connectivity index (χ1v) is 12.7. The molecular weight excluding hydrogens is 434 g/mol. The molecule has 0 unspecified atom stereocenters. The van der Waals surface area contributed by atoms with Gasteiger partial charge in [0.15, 0.2) is 0 Å². The Bertz CT molecular complexity index is 1210. The lowest BCUT2D eigenvalue weighted by Crippen LogP contribution is -2.36. The third kappa shape index (κ3) is 5.49. The molecule has 1 saturated heterocycles. The molecule has 3 aromatic rings. The summed E-state index contributed by atoms with van der Waals surface area (Å²) < 4.78 is 27.8. The normalized spacial score (nSPS) is 14.7. The molecule has 172 valence electrons. The van der Waals surface area contributed by atoms with Crippen LogP contribution in [0.5, 0.6) is 0 Å². The van der Waals surface area contributed by atoms with Crippen molar-refractivity contribution in [2.75, 3.05) is 13.1 Å². The predicted octanol–water partition coefficient (Wildman–Crippen LogP) is 4.41. The van der Waals surface area contributed by atoms with Crippen LogP contribution in [0.25, 0.3) is 0 Å². The largest absolute Gasteiger partial charge is 0.330 e. The highest BCUT2D eigenvalue weighted by molar-refractivity contribution is 7.89. The third-order valence-electron chi connectivity index (χ3n) is 6.04. The Morgan fingerprint density at radius 3 is 2.48 bits per heavy atom. The Kier molecular flexibility index (Phi) is 7.20. The molecule has 1 aliphatic rings. The number of piperidine rings is 1. The molecule has 4 rings (SSSR count). The van der Waals surface area contributed by atoms with Gasteiger partial charge in [-0.05, 0) is 60.7 Å². The van der Waals surface area contributed by atoms with Crippen LogP contribution in [0.15, 0.2) is 78.0 Å². The first-order valence-electron chi connectivity index (χ1n) is 11.3. The van der Waals surface area contributed by atoms with E-state index in [-0.39, 0.29) is 10.8 Å². The van der Waals surface area contributed by atoms with Crippen LogP contribution in [0.4, 0.5) is 0 Å². The standard InChI is InChI=1S/C26H29N3O3S/c1-21-9-3-4-11-24(21)20-28(19-22-10-8-14-27-18-22)26(30)23-12-7-13-25(17-23)33(31,32)29-15-5-2-6-16-29/h3-4,7-14,17-18H,2,5-6,15-16,19-20H2,1H3. The zero-order valence-corrected chi connectivity index (χ0v) is 19.7. The van der Waals surface area contributed by atoms with E-state index in [9.17, 15) is 13.2 Å². The minimum absolute atomic E-state index is 0.174. The fourth-order valence-electron chi connectivity index (χ4n) is 4.13. The van der Waals surface area contributed by atoms with Crippen LogP contribution in [0.2, 0.25) is 0 Å². The molecule has 33 heavy (non-hydrogen) atoms. The second-order valence-corrected chi connectivity index (χ2v) is 10.4. The van der Waals surface area contributed by atoms with Crippen molar-refractivity contribution in [1.82, 2.24) is 14.2 Å². The van der Waals surface area contributed by atoms with Crippen molar-refractivity contribution in [3.05, 3.63) is 95.3 Å². The summed E-state index contributed by atoms with van der Waals surface area (Å²) >= 11 is 0. The molecule has 0 spiro atoms. The van der Waals surface area contributed by atoms with Gasteiger partial charge in [0.25, 0.3) is 5.91 Å². The van der Waals surface area contributed by atoms with Gasteiger partial charge in [0.1, 0.15) is 0 Å². The van der Waals surface area contributed by atoms with Gasteiger partial charge in [-0.1, -0.05) is 42.8 Å². The van der Waals surface area contributed by atoms with Gasteiger partial charge in [-0.15, -0.1) is 0 Å². The predicted molar refractivity (Wildman–Crippen MR) is 128 cm³/mol. The summed E-state index contributed by atoms with van der Waals surface area (Å²) in [6, 6.07) is 18.2. The molecule has 1 aromatic heterocycles. The summed E-state index contributed by atoms with van der Waals surface area (Å²) in [4.78, 5) is 19.7. The number of pyridine rings is 1. The van der Waals surface area contributed by atoms with Gasteiger partial charge in [-0.2, -0.15) is 4.31 Å². The van der Waals surface area contributed by atoms with Crippen LogP contribution < -0.4 is 0 Å². The fraction of sp³-hybridized carbons (Fsp3) is 0.308. The molecule has 0 bridgehead atoms. The second-order valence-electron chi connectivity index (χ2n) is 8.44. The molecule has 0 N–H and O–H groups in total. The molecule has 6 nitrogen and oxygen atoms in total. The van der Waals surface area contributed by atoms with E-state index in [1.165, 1.54) is 10.4 Å². The van der Waals surface area contributed by atoms with Crippen molar-refractivity contribution in [1.29, 1.82) is 0 Å². The maximum Gasteiger partial charge on any atom is 0.254 e. The molecule has 1 fully saturated rings. The van der Waals surface area contributed by atoms with Gasteiger partial charge < -0.3 is 4.90 Å². The van der Waals surface area contributed by atoms with Crippen molar-refractivity contribution in [2.24, 2.45) is 0 Å². The first kappa shape index (κ1) is 23.1. The Balaban J connectivity index is 1.64. The summed E-state index contributed by atoms with van der Waals surface area (Å²) in [5.74, 6) is -0.210. The van der Waals surface area contributed by atoms with Gasteiger partial charge in [0.05, 0.1) is 4.90 Å². The number of rotatable bonds is 7. The van der Waals surface area contributed by atoms with Crippen molar-refractivity contribution in [3.63, 3.8) is 0 Å². The van der Waals surface area contributed by atoms with E-state index in [0.29, 0.717) is 31.7 Å². The SMILES string of the molecule is Cc1ccccc1CN(Cc1cccnc1)C(=O)c1cccc(S(=O)(=O)N2CCCCC2)c1. The smallest absolute Gasteiger partial charge is 0.254 e. The highest BCUT2D eigenvalue weighted by atomic mass is 32.2. The molecule has 2 heterocycles. The number of hydrogen-bond donors (Lipinski definition) is 0. The lowest BCUT2D eigenvalue weighted by Gasteiger charge is -2.26. The molecule has 7 heteroatoms. The summed E-state index contributed by atoms with van der Waals surface area (Å²) in [5.41, 5.74) is 3.43. The van der Waals surface area contributed by atoms with Gasteiger partial charge in [0.2, 0.25) is 10.0 Å². The number of sulfonamides is 1. The molecule has 1 aliphatic heterocycles. The highest BCUT2D eigenvalue weighted by Gasteiger charge is 2.27. The van der Waals surface area contributed by atoms with Crippen LogP contribution in [0.1, 0.15) is 46.3 Å². The third-order valence-corrected chi connectivity index (χ3v) is 7.93. The van der Waals surface area contributed by atoms with Crippen LogP contribution in [0.3, 0.4) is 0 Å². The minimum Gasteiger partial charge on any atom is -0.330 e. The van der Waals surface area contributed by atoms with Crippen molar-refractivity contribution < 1.29 is 13.2 Å². The lowest BCUT2D eigenvalue weighted by molar-refractivity contribution is 0.0729. The molecule has 0 radical (unpaired) electrons. The fourth-order valence-corrected chi connectivity index (χ4v) is 5.69. The van der Waals surface area contributed by atoms with Gasteiger partial charge >= 0.3 is 0 Å². The summed E-state index contributed by atoms with van der Waals surface area (Å²) in [7, 11) is -3.62. The molecule has 0 saturated carbocycles. The zero-order valence-electron chi connectivity index (χ0n) is 18.9. The maximum absolute atomic E-state index is 13.6. The Hall–Kier alpha value is -3.03. The van der Waals surface area contributed by atoms with E-state index in [4.69, 9.17) is 0 Å². The van der Waals surface area contributed by atoms with Crippen LogP contribution >= 0.6 is 0 Å². The molecule has 0 aliphatic carbocycles. The number of amides is 1.